The molecule has 1 aromatic rings. The van der Waals surface area contributed by atoms with Gasteiger partial charge in [-0.2, -0.15) is 0 Å². The standard InChI is InChI=1S/C11H16S2/c1-4-5-9(2)12-7-11-6-10(3)13-8-11/h5-6,8H,4,7H2,1-3H3. The van der Waals surface area contributed by atoms with Crippen LogP contribution in [0.15, 0.2) is 22.4 Å². The first kappa shape index (κ1) is 10.9. The highest BCUT2D eigenvalue weighted by atomic mass is 32.2. The quantitative estimate of drug-likeness (QED) is 0.702. The fourth-order valence-electron chi connectivity index (χ4n) is 1.12. The van der Waals surface area contributed by atoms with E-state index in [9.17, 15) is 0 Å². The van der Waals surface area contributed by atoms with Gasteiger partial charge in [-0.15, -0.1) is 23.1 Å². The second-order valence-corrected chi connectivity index (χ2v) is 5.41. The van der Waals surface area contributed by atoms with Gasteiger partial charge in [-0.3, -0.25) is 0 Å². The average molecular weight is 212 g/mol. The van der Waals surface area contributed by atoms with Gasteiger partial charge in [0.15, 0.2) is 0 Å². The van der Waals surface area contributed by atoms with Crippen LogP contribution in [0.25, 0.3) is 0 Å². The second-order valence-electron chi connectivity index (χ2n) is 3.08. The molecule has 13 heavy (non-hydrogen) atoms. The number of rotatable bonds is 4. The maximum Gasteiger partial charge on any atom is 0.0236 e. The minimum atomic E-state index is 1.12. The summed E-state index contributed by atoms with van der Waals surface area (Å²) in [5.41, 5.74) is 1.45. The molecule has 1 rings (SSSR count). The van der Waals surface area contributed by atoms with Gasteiger partial charge in [0.25, 0.3) is 0 Å². The Morgan fingerprint density at radius 3 is 2.92 bits per heavy atom. The molecule has 0 aliphatic heterocycles. The first-order chi connectivity index (χ1) is 6.22. The van der Waals surface area contributed by atoms with E-state index in [4.69, 9.17) is 0 Å². The third kappa shape index (κ3) is 4.01. The minimum absolute atomic E-state index is 1.12. The van der Waals surface area contributed by atoms with Crippen molar-refractivity contribution in [2.24, 2.45) is 0 Å². The molecule has 0 spiro atoms. The van der Waals surface area contributed by atoms with Gasteiger partial charge in [0, 0.05) is 10.6 Å². The number of hydrogen-bond acceptors (Lipinski definition) is 2. The Morgan fingerprint density at radius 1 is 1.62 bits per heavy atom. The van der Waals surface area contributed by atoms with Crippen LogP contribution in [0.1, 0.15) is 30.7 Å². The molecule has 0 saturated carbocycles. The van der Waals surface area contributed by atoms with Crippen LogP contribution in [-0.2, 0) is 5.75 Å². The molecule has 0 nitrogen and oxygen atoms in total. The van der Waals surface area contributed by atoms with Gasteiger partial charge in [0.1, 0.15) is 0 Å². The van der Waals surface area contributed by atoms with Crippen LogP contribution in [0.4, 0.5) is 0 Å². The molecule has 0 bridgehead atoms. The summed E-state index contributed by atoms with van der Waals surface area (Å²) in [6.45, 7) is 6.53. The summed E-state index contributed by atoms with van der Waals surface area (Å²) >= 11 is 3.77. The van der Waals surface area contributed by atoms with Crippen LogP contribution < -0.4 is 0 Å². The number of allylic oxidation sites excluding steroid dienone is 2. The van der Waals surface area contributed by atoms with Gasteiger partial charge in [-0.25, -0.2) is 0 Å². The lowest BCUT2D eigenvalue weighted by Gasteiger charge is -1.98. The molecule has 0 N–H and O–H groups in total. The average Bonchev–Trinajstić information content (AvgIpc) is 2.49. The lowest BCUT2D eigenvalue weighted by atomic mass is 10.3. The summed E-state index contributed by atoms with van der Waals surface area (Å²) < 4.78 is 0. The Kier molecular flexibility index (Phi) is 4.60. The zero-order chi connectivity index (χ0) is 9.68. The molecule has 0 saturated heterocycles. The molecule has 0 aromatic carbocycles. The smallest absolute Gasteiger partial charge is 0.0236 e. The van der Waals surface area contributed by atoms with E-state index >= 15 is 0 Å². The van der Waals surface area contributed by atoms with Gasteiger partial charge in [-0.05, 0) is 42.2 Å². The summed E-state index contributed by atoms with van der Waals surface area (Å²) in [4.78, 5) is 2.85. The van der Waals surface area contributed by atoms with E-state index in [0.29, 0.717) is 0 Å². The predicted octanol–water partition coefficient (Wildman–Crippen LogP) is 4.60. The van der Waals surface area contributed by atoms with E-state index in [0.717, 1.165) is 12.2 Å². The van der Waals surface area contributed by atoms with Crippen molar-refractivity contribution in [1.82, 2.24) is 0 Å². The van der Waals surface area contributed by atoms with E-state index < -0.39 is 0 Å². The Hall–Kier alpha value is -0.210. The van der Waals surface area contributed by atoms with Gasteiger partial charge in [0.2, 0.25) is 0 Å². The maximum absolute atomic E-state index is 2.28. The zero-order valence-electron chi connectivity index (χ0n) is 8.46. The maximum atomic E-state index is 2.28. The molecule has 0 atom stereocenters. The van der Waals surface area contributed by atoms with E-state index in [-0.39, 0.29) is 0 Å². The van der Waals surface area contributed by atoms with Crippen LogP contribution in [-0.4, -0.2) is 0 Å². The lowest BCUT2D eigenvalue weighted by molar-refractivity contribution is 1.21. The topological polar surface area (TPSA) is 0 Å². The van der Waals surface area contributed by atoms with Crippen molar-refractivity contribution >= 4 is 23.1 Å². The molecule has 2 heteroatoms. The fourth-order valence-corrected chi connectivity index (χ4v) is 2.78. The summed E-state index contributed by atoms with van der Waals surface area (Å²) in [7, 11) is 0. The Bertz CT molecular complexity index is 284. The molecule has 1 heterocycles. The van der Waals surface area contributed by atoms with Gasteiger partial charge >= 0.3 is 0 Å². The van der Waals surface area contributed by atoms with E-state index in [2.05, 4.69) is 38.3 Å². The summed E-state index contributed by atoms with van der Waals surface area (Å²) in [6.07, 6.45) is 3.42. The van der Waals surface area contributed by atoms with Crippen LogP contribution in [0.2, 0.25) is 0 Å². The van der Waals surface area contributed by atoms with Crippen LogP contribution in [0.5, 0.6) is 0 Å². The first-order valence-corrected chi connectivity index (χ1v) is 6.42. The number of hydrogen-bond donors (Lipinski definition) is 0. The zero-order valence-corrected chi connectivity index (χ0v) is 10.1. The molecule has 0 aliphatic carbocycles. The van der Waals surface area contributed by atoms with Gasteiger partial charge < -0.3 is 0 Å². The molecule has 1 aromatic heterocycles. The van der Waals surface area contributed by atoms with Crippen molar-refractivity contribution in [3.63, 3.8) is 0 Å². The van der Waals surface area contributed by atoms with Crippen molar-refractivity contribution in [3.05, 3.63) is 32.9 Å². The number of thioether (sulfide) groups is 1. The SMILES string of the molecule is CCC=C(C)SCc1csc(C)c1. The van der Waals surface area contributed by atoms with Gasteiger partial charge in [0.05, 0.1) is 0 Å². The van der Waals surface area contributed by atoms with Crippen LogP contribution >= 0.6 is 23.1 Å². The van der Waals surface area contributed by atoms with E-state index in [1.54, 1.807) is 0 Å². The highest BCUT2D eigenvalue weighted by molar-refractivity contribution is 8.02. The monoisotopic (exact) mass is 212 g/mol. The molecule has 0 fully saturated rings. The Morgan fingerprint density at radius 2 is 2.38 bits per heavy atom. The van der Waals surface area contributed by atoms with Crippen molar-refractivity contribution in [2.45, 2.75) is 32.9 Å². The predicted molar refractivity (Wildman–Crippen MR) is 64.4 cm³/mol. The van der Waals surface area contributed by atoms with E-state index in [1.165, 1.54) is 15.3 Å². The highest BCUT2D eigenvalue weighted by Gasteiger charge is 1.96. The molecular weight excluding hydrogens is 196 g/mol. The fraction of sp³-hybridized carbons (Fsp3) is 0.455. The first-order valence-electron chi connectivity index (χ1n) is 4.56. The summed E-state index contributed by atoms with van der Waals surface area (Å²) in [5, 5.41) is 2.25. The molecule has 72 valence electrons. The lowest BCUT2D eigenvalue weighted by Crippen LogP contribution is -1.75. The molecular formula is C11H16S2. The van der Waals surface area contributed by atoms with Crippen molar-refractivity contribution in [1.29, 1.82) is 0 Å². The van der Waals surface area contributed by atoms with E-state index in [1.807, 2.05) is 23.1 Å². The van der Waals surface area contributed by atoms with Crippen LogP contribution in [0, 0.1) is 6.92 Å². The van der Waals surface area contributed by atoms with Gasteiger partial charge in [-0.1, -0.05) is 13.0 Å². The Balaban J connectivity index is 2.39. The number of aryl methyl sites for hydroxylation is 1. The minimum Gasteiger partial charge on any atom is -0.149 e. The molecule has 0 unspecified atom stereocenters. The third-order valence-electron chi connectivity index (χ3n) is 1.74. The molecule has 0 aliphatic rings. The summed E-state index contributed by atoms with van der Waals surface area (Å²) in [5.74, 6) is 1.12. The normalized spacial score (nSPS) is 12.1. The third-order valence-corrected chi connectivity index (χ3v) is 3.75. The number of thiophene rings is 1. The molecule has 0 radical (unpaired) electrons. The largest absolute Gasteiger partial charge is 0.149 e. The van der Waals surface area contributed by atoms with Crippen molar-refractivity contribution < 1.29 is 0 Å². The summed E-state index contributed by atoms with van der Waals surface area (Å²) in [6, 6.07) is 2.27. The van der Waals surface area contributed by atoms with Crippen molar-refractivity contribution in [2.75, 3.05) is 0 Å². The second kappa shape index (κ2) is 5.51. The molecule has 0 amide bonds. The Labute approximate surface area is 89.1 Å². The highest BCUT2D eigenvalue weighted by Crippen LogP contribution is 2.23. The van der Waals surface area contributed by atoms with Crippen molar-refractivity contribution in [3.8, 4) is 0 Å². The van der Waals surface area contributed by atoms with Crippen LogP contribution in [0.3, 0.4) is 0 Å².